The summed E-state index contributed by atoms with van der Waals surface area (Å²) in [5, 5.41) is 0. The van der Waals surface area contributed by atoms with Crippen molar-refractivity contribution in [1.29, 1.82) is 0 Å². The summed E-state index contributed by atoms with van der Waals surface area (Å²) < 4.78 is 12.6. The minimum absolute atomic E-state index is 0.0183. The topological polar surface area (TPSA) is 35.5 Å². The molecule has 1 aromatic heterocycles. The number of carbonyl (C=O) groups excluding carboxylic acids is 1. The molecule has 3 aromatic rings. The lowest BCUT2D eigenvalue weighted by Gasteiger charge is -2.12. The van der Waals surface area contributed by atoms with Gasteiger partial charge in [-0.2, -0.15) is 0 Å². The van der Waals surface area contributed by atoms with Gasteiger partial charge in [0.05, 0.1) is 12.0 Å². The van der Waals surface area contributed by atoms with E-state index in [2.05, 4.69) is 35.0 Å². The van der Waals surface area contributed by atoms with E-state index in [1.807, 2.05) is 36.4 Å². The number of benzene rings is 2. The Morgan fingerprint density at radius 1 is 1.12 bits per heavy atom. The third-order valence-electron chi connectivity index (χ3n) is 5.67. The molecule has 4 rings (SSSR count). The largest absolute Gasteiger partial charge is 0.496 e. The monoisotopic (exact) mass is 510 g/mol. The smallest absolute Gasteiger partial charge is 0.195 e. The van der Waals surface area contributed by atoms with E-state index in [4.69, 9.17) is 9.47 Å². The van der Waals surface area contributed by atoms with Gasteiger partial charge in [0.1, 0.15) is 18.1 Å². The molecule has 166 valence electrons. The lowest BCUT2D eigenvalue weighted by Crippen LogP contribution is -2.00. The van der Waals surface area contributed by atoms with Crippen LogP contribution in [-0.4, -0.2) is 12.9 Å². The lowest BCUT2D eigenvalue weighted by atomic mass is 10.1. The molecule has 1 aliphatic rings. The standard InChI is InChI=1S/C27H27BrO3S/c1-3-5-26-23(28)16-27(32-26)24(29)12-8-18-9-13-25(30-2)21(14-18)17-31-22-11-10-19-6-4-7-20(19)15-22/h8-16H,3-7,17H2,1-2H3/b12-8+. The van der Waals surface area contributed by atoms with Gasteiger partial charge >= 0.3 is 0 Å². The van der Waals surface area contributed by atoms with Crippen molar-refractivity contribution >= 4 is 39.1 Å². The number of ether oxygens (including phenoxy) is 2. The van der Waals surface area contributed by atoms with Crippen LogP contribution in [0, 0.1) is 0 Å². The molecule has 0 bridgehead atoms. The predicted molar refractivity (Wildman–Crippen MR) is 135 cm³/mol. The molecule has 2 aromatic carbocycles. The summed E-state index contributed by atoms with van der Waals surface area (Å²) in [7, 11) is 1.66. The highest BCUT2D eigenvalue weighted by Crippen LogP contribution is 2.30. The summed E-state index contributed by atoms with van der Waals surface area (Å²) in [6.45, 7) is 2.55. The van der Waals surface area contributed by atoms with Gasteiger partial charge in [-0.1, -0.05) is 31.6 Å². The molecule has 5 heteroatoms. The Morgan fingerprint density at radius 3 is 2.78 bits per heavy atom. The van der Waals surface area contributed by atoms with Crippen molar-refractivity contribution in [2.45, 2.75) is 45.6 Å². The SMILES string of the molecule is CCCc1sc(C(=O)/C=C/c2ccc(OC)c(COc3ccc4c(c3)CCC4)c2)cc1Br. The van der Waals surface area contributed by atoms with Crippen LogP contribution in [0.4, 0.5) is 0 Å². The van der Waals surface area contributed by atoms with Gasteiger partial charge in [0.25, 0.3) is 0 Å². The molecule has 0 radical (unpaired) electrons. The van der Waals surface area contributed by atoms with E-state index in [0.29, 0.717) is 6.61 Å². The third kappa shape index (κ3) is 5.33. The third-order valence-corrected chi connectivity index (χ3v) is 7.85. The van der Waals surface area contributed by atoms with E-state index in [1.165, 1.54) is 28.8 Å². The van der Waals surface area contributed by atoms with Crippen molar-refractivity contribution in [3.05, 3.63) is 85.0 Å². The first-order valence-electron chi connectivity index (χ1n) is 11.0. The Morgan fingerprint density at radius 2 is 1.97 bits per heavy atom. The number of ketones is 1. The molecule has 0 spiro atoms. The van der Waals surface area contributed by atoms with E-state index in [1.54, 1.807) is 24.5 Å². The van der Waals surface area contributed by atoms with Crippen molar-refractivity contribution in [2.24, 2.45) is 0 Å². The molecule has 0 saturated carbocycles. The Hall–Kier alpha value is -2.37. The van der Waals surface area contributed by atoms with E-state index < -0.39 is 0 Å². The van der Waals surface area contributed by atoms with Crippen LogP contribution in [0.3, 0.4) is 0 Å². The summed E-state index contributed by atoms with van der Waals surface area (Å²) in [5.41, 5.74) is 4.72. The molecular weight excluding hydrogens is 484 g/mol. The Kier molecular flexibility index (Phi) is 7.48. The van der Waals surface area contributed by atoms with E-state index in [9.17, 15) is 4.79 Å². The van der Waals surface area contributed by atoms with Gasteiger partial charge < -0.3 is 9.47 Å². The van der Waals surface area contributed by atoms with Crippen LogP contribution in [0.1, 0.15) is 56.6 Å². The molecule has 1 heterocycles. The molecule has 0 N–H and O–H groups in total. The van der Waals surface area contributed by atoms with Crippen LogP contribution < -0.4 is 9.47 Å². The predicted octanol–water partition coefficient (Wildman–Crippen LogP) is 7.44. The summed E-state index contributed by atoms with van der Waals surface area (Å²) in [5.74, 6) is 1.68. The molecule has 0 unspecified atom stereocenters. The average Bonchev–Trinajstić information content (AvgIpc) is 3.42. The minimum atomic E-state index is 0.0183. The van der Waals surface area contributed by atoms with Gasteiger partial charge in [-0.05, 0) is 94.7 Å². The molecule has 0 amide bonds. The van der Waals surface area contributed by atoms with Gasteiger partial charge in [-0.3, -0.25) is 4.79 Å². The second-order valence-corrected chi connectivity index (χ2v) is 9.96. The quantitative estimate of drug-likeness (QED) is 0.221. The Bertz CT molecular complexity index is 1150. The van der Waals surface area contributed by atoms with E-state index in [-0.39, 0.29) is 5.78 Å². The van der Waals surface area contributed by atoms with Gasteiger partial charge in [0.15, 0.2) is 5.78 Å². The van der Waals surface area contributed by atoms with Gasteiger partial charge in [0, 0.05) is 14.9 Å². The van der Waals surface area contributed by atoms with Crippen LogP contribution in [0.15, 0.2) is 53.0 Å². The second-order valence-electron chi connectivity index (χ2n) is 7.97. The van der Waals surface area contributed by atoms with E-state index in [0.717, 1.165) is 51.2 Å². The highest BCUT2D eigenvalue weighted by molar-refractivity contribution is 9.10. The van der Waals surface area contributed by atoms with Crippen molar-refractivity contribution < 1.29 is 14.3 Å². The number of aryl methyl sites for hydroxylation is 3. The maximum Gasteiger partial charge on any atom is 0.195 e. The average molecular weight is 511 g/mol. The zero-order chi connectivity index (χ0) is 22.5. The molecule has 0 fully saturated rings. The number of rotatable bonds is 9. The maximum atomic E-state index is 12.7. The van der Waals surface area contributed by atoms with Gasteiger partial charge in [-0.25, -0.2) is 0 Å². The van der Waals surface area contributed by atoms with Crippen LogP contribution in [0.2, 0.25) is 0 Å². The number of hydrogen-bond donors (Lipinski definition) is 0. The first-order valence-corrected chi connectivity index (χ1v) is 12.6. The summed E-state index contributed by atoms with van der Waals surface area (Å²) in [4.78, 5) is 14.6. The molecule has 1 aliphatic carbocycles. The zero-order valence-electron chi connectivity index (χ0n) is 18.4. The van der Waals surface area contributed by atoms with Crippen LogP contribution in [0.5, 0.6) is 11.5 Å². The number of methoxy groups -OCH3 is 1. The first kappa shape index (κ1) is 22.8. The number of thiophene rings is 1. The van der Waals surface area contributed by atoms with Gasteiger partial charge in [-0.15, -0.1) is 11.3 Å². The minimum Gasteiger partial charge on any atom is -0.496 e. The normalized spacial score (nSPS) is 12.8. The van der Waals surface area contributed by atoms with Gasteiger partial charge in [0.2, 0.25) is 0 Å². The molecule has 3 nitrogen and oxygen atoms in total. The van der Waals surface area contributed by atoms with Crippen molar-refractivity contribution in [2.75, 3.05) is 7.11 Å². The molecule has 32 heavy (non-hydrogen) atoms. The van der Waals surface area contributed by atoms with Crippen LogP contribution in [-0.2, 0) is 25.9 Å². The summed E-state index contributed by atoms with van der Waals surface area (Å²) in [6.07, 6.45) is 9.06. The highest BCUT2D eigenvalue weighted by Gasteiger charge is 2.13. The fourth-order valence-corrected chi connectivity index (χ4v) is 5.89. The van der Waals surface area contributed by atoms with E-state index >= 15 is 0 Å². The van der Waals surface area contributed by atoms with Crippen LogP contribution >= 0.6 is 27.3 Å². The van der Waals surface area contributed by atoms with Crippen molar-refractivity contribution in [1.82, 2.24) is 0 Å². The number of allylic oxidation sites excluding steroid dienone is 1. The Balaban J connectivity index is 1.46. The van der Waals surface area contributed by atoms with Crippen molar-refractivity contribution in [3.63, 3.8) is 0 Å². The fraction of sp³-hybridized carbons (Fsp3) is 0.296. The number of hydrogen-bond acceptors (Lipinski definition) is 4. The Labute approximate surface area is 202 Å². The molecule has 0 atom stereocenters. The van der Waals surface area contributed by atoms with Crippen LogP contribution in [0.25, 0.3) is 6.08 Å². The number of halogens is 1. The molecular formula is C27H27BrO3S. The number of carbonyl (C=O) groups is 1. The fourth-order valence-electron chi connectivity index (χ4n) is 3.99. The maximum absolute atomic E-state index is 12.7. The number of fused-ring (bicyclic) bond motifs is 1. The second kappa shape index (κ2) is 10.5. The zero-order valence-corrected chi connectivity index (χ0v) is 20.9. The molecule has 0 saturated heterocycles. The van der Waals surface area contributed by atoms with Crippen molar-refractivity contribution in [3.8, 4) is 11.5 Å². The first-order chi connectivity index (χ1) is 15.6. The highest BCUT2D eigenvalue weighted by atomic mass is 79.9. The summed E-state index contributed by atoms with van der Waals surface area (Å²) in [6, 6.07) is 14.2. The molecule has 0 aliphatic heterocycles. The lowest BCUT2D eigenvalue weighted by molar-refractivity contribution is 0.105. The summed E-state index contributed by atoms with van der Waals surface area (Å²) >= 11 is 5.13.